The third-order valence-electron chi connectivity index (χ3n) is 6.58. The van der Waals surface area contributed by atoms with Gasteiger partial charge in [0.2, 0.25) is 11.8 Å². The van der Waals surface area contributed by atoms with E-state index in [9.17, 15) is 4.79 Å². The van der Waals surface area contributed by atoms with Gasteiger partial charge in [-0.25, -0.2) is 0 Å². The minimum absolute atomic E-state index is 0.124. The Morgan fingerprint density at radius 2 is 1.89 bits per heavy atom. The minimum atomic E-state index is -0.351. The Morgan fingerprint density at radius 1 is 1.15 bits per heavy atom. The maximum atomic E-state index is 12.7. The zero-order valence-corrected chi connectivity index (χ0v) is 15.7. The molecule has 5 rings (SSSR count). The second kappa shape index (κ2) is 6.36. The van der Waals surface area contributed by atoms with E-state index in [2.05, 4.69) is 39.8 Å². The highest BCUT2D eigenvalue weighted by atomic mass is 16.4. The van der Waals surface area contributed by atoms with E-state index in [0.29, 0.717) is 29.2 Å². The highest BCUT2D eigenvalue weighted by Gasteiger charge is 2.46. The van der Waals surface area contributed by atoms with E-state index in [1.54, 1.807) is 0 Å². The van der Waals surface area contributed by atoms with Crippen LogP contribution in [0.25, 0.3) is 0 Å². The molecule has 2 aromatic rings. The van der Waals surface area contributed by atoms with Crippen LogP contribution in [-0.2, 0) is 4.79 Å². The number of hydrogen-bond acceptors (Lipinski definition) is 5. The average Bonchev–Trinajstić information content (AvgIpc) is 3.61. The van der Waals surface area contributed by atoms with E-state index in [-0.39, 0.29) is 11.9 Å². The van der Waals surface area contributed by atoms with E-state index in [0.717, 1.165) is 32.4 Å². The zero-order valence-electron chi connectivity index (χ0n) is 15.7. The van der Waals surface area contributed by atoms with Crippen LogP contribution in [0.15, 0.2) is 34.7 Å². The summed E-state index contributed by atoms with van der Waals surface area (Å²) in [6, 6.07) is 10.4. The molecular formula is C21H26N4O2. The Labute approximate surface area is 159 Å². The summed E-state index contributed by atoms with van der Waals surface area (Å²) in [4.78, 5) is 14.7. The van der Waals surface area contributed by atoms with Gasteiger partial charge in [0.1, 0.15) is 6.04 Å². The second-order valence-electron chi connectivity index (χ2n) is 8.50. The van der Waals surface area contributed by atoms with Crippen LogP contribution in [0, 0.1) is 5.41 Å². The van der Waals surface area contributed by atoms with E-state index < -0.39 is 0 Å². The summed E-state index contributed by atoms with van der Waals surface area (Å²) >= 11 is 0. The van der Waals surface area contributed by atoms with Crippen LogP contribution < -0.4 is 5.32 Å². The summed E-state index contributed by atoms with van der Waals surface area (Å²) in [6.07, 6.45) is 6.03. The van der Waals surface area contributed by atoms with Crippen molar-refractivity contribution >= 4 is 11.9 Å². The number of anilines is 1. The quantitative estimate of drug-likeness (QED) is 0.876. The molecule has 1 N–H and O–H groups in total. The Morgan fingerprint density at radius 3 is 2.59 bits per heavy atom. The molecule has 27 heavy (non-hydrogen) atoms. The van der Waals surface area contributed by atoms with E-state index >= 15 is 0 Å². The van der Waals surface area contributed by atoms with Gasteiger partial charge in [-0.05, 0) is 55.9 Å². The third kappa shape index (κ3) is 3.33. The molecule has 3 fully saturated rings. The number of nitrogens with zero attached hydrogens (tertiary/aromatic N) is 3. The van der Waals surface area contributed by atoms with Crippen LogP contribution in [-0.4, -0.2) is 40.1 Å². The topological polar surface area (TPSA) is 71.3 Å². The number of amides is 1. The molecule has 142 valence electrons. The fraction of sp³-hybridized carbons (Fsp3) is 0.571. The number of carbonyl (C=O) groups excluding carboxylic acids is 1. The van der Waals surface area contributed by atoms with Gasteiger partial charge in [0.05, 0.1) is 0 Å². The van der Waals surface area contributed by atoms with E-state index in [4.69, 9.17) is 4.42 Å². The van der Waals surface area contributed by atoms with Crippen molar-refractivity contribution < 1.29 is 9.21 Å². The lowest BCUT2D eigenvalue weighted by Crippen LogP contribution is -2.45. The fourth-order valence-electron chi connectivity index (χ4n) is 4.38. The molecule has 6 nitrogen and oxygen atoms in total. The van der Waals surface area contributed by atoms with Crippen LogP contribution in [0.5, 0.6) is 0 Å². The number of benzene rings is 1. The number of rotatable bonds is 5. The lowest BCUT2D eigenvalue weighted by atomic mass is 9.93. The second-order valence-corrected chi connectivity index (χ2v) is 8.50. The molecule has 1 amide bonds. The monoisotopic (exact) mass is 366 g/mol. The third-order valence-corrected chi connectivity index (χ3v) is 6.58. The van der Waals surface area contributed by atoms with Gasteiger partial charge >= 0.3 is 6.01 Å². The molecule has 1 aromatic heterocycles. The van der Waals surface area contributed by atoms with Gasteiger partial charge in [-0.15, -0.1) is 5.10 Å². The summed E-state index contributed by atoms with van der Waals surface area (Å²) in [7, 11) is 0. The molecule has 1 aliphatic heterocycles. The van der Waals surface area contributed by atoms with Crippen LogP contribution >= 0.6 is 0 Å². The minimum Gasteiger partial charge on any atom is -0.408 e. The molecule has 2 heterocycles. The van der Waals surface area contributed by atoms with Gasteiger partial charge in [0.15, 0.2) is 0 Å². The maximum Gasteiger partial charge on any atom is 0.316 e. The van der Waals surface area contributed by atoms with Crippen molar-refractivity contribution in [2.45, 2.75) is 56.9 Å². The number of hydrogen-bond donors (Lipinski definition) is 1. The van der Waals surface area contributed by atoms with Gasteiger partial charge in [-0.3, -0.25) is 4.79 Å². The molecule has 3 atom stereocenters. The van der Waals surface area contributed by atoms with Crippen molar-refractivity contribution in [3.63, 3.8) is 0 Å². The summed E-state index contributed by atoms with van der Waals surface area (Å²) in [5, 5.41) is 11.4. The van der Waals surface area contributed by atoms with Gasteiger partial charge in [0, 0.05) is 19.0 Å². The Kier molecular flexibility index (Phi) is 3.95. The van der Waals surface area contributed by atoms with Gasteiger partial charge in [-0.2, -0.15) is 0 Å². The van der Waals surface area contributed by atoms with E-state index in [1.807, 2.05) is 17.9 Å². The molecule has 1 spiro atoms. The molecular weight excluding hydrogens is 340 g/mol. The van der Waals surface area contributed by atoms with Crippen LogP contribution in [0.2, 0.25) is 0 Å². The normalized spacial score (nSPS) is 26.6. The lowest BCUT2D eigenvalue weighted by Gasteiger charge is -2.33. The lowest BCUT2D eigenvalue weighted by molar-refractivity contribution is -0.133. The Hall–Kier alpha value is -2.37. The first-order valence-electron chi connectivity index (χ1n) is 10.1. The molecule has 0 bridgehead atoms. The number of nitrogens with one attached hydrogen (secondary N) is 1. The first-order chi connectivity index (χ1) is 13.1. The molecule has 2 aliphatic carbocycles. The fourth-order valence-corrected chi connectivity index (χ4v) is 4.38. The Bertz CT molecular complexity index is 820. The SMILES string of the molecule is C[C@H](Nc1nnc([C@@H]2C[C@H]2c2ccccc2)o1)C(=O)N1CCC2(CC1)CC2. The summed E-state index contributed by atoms with van der Waals surface area (Å²) < 4.78 is 5.81. The number of likely N-dealkylation sites (tertiary alicyclic amines) is 1. The molecule has 6 heteroatoms. The average molecular weight is 366 g/mol. The predicted molar refractivity (Wildman–Crippen MR) is 101 cm³/mol. The predicted octanol–water partition coefficient (Wildman–Crippen LogP) is 3.54. The van der Waals surface area contributed by atoms with E-state index in [1.165, 1.54) is 18.4 Å². The molecule has 0 radical (unpaired) electrons. The van der Waals surface area contributed by atoms with Gasteiger partial charge in [0.25, 0.3) is 0 Å². The van der Waals surface area contributed by atoms with Crippen LogP contribution in [0.4, 0.5) is 6.01 Å². The molecule has 3 aliphatic rings. The van der Waals surface area contributed by atoms with Crippen molar-refractivity contribution in [1.29, 1.82) is 0 Å². The number of carbonyl (C=O) groups is 1. The van der Waals surface area contributed by atoms with Gasteiger partial charge in [-0.1, -0.05) is 35.4 Å². The first-order valence-corrected chi connectivity index (χ1v) is 10.1. The summed E-state index contributed by atoms with van der Waals surface area (Å²) in [5.41, 5.74) is 1.89. The highest BCUT2D eigenvalue weighted by molar-refractivity contribution is 5.83. The largest absolute Gasteiger partial charge is 0.408 e. The smallest absolute Gasteiger partial charge is 0.316 e. The van der Waals surface area contributed by atoms with Crippen molar-refractivity contribution in [2.75, 3.05) is 18.4 Å². The van der Waals surface area contributed by atoms with Gasteiger partial charge < -0.3 is 14.6 Å². The first kappa shape index (κ1) is 16.8. The maximum absolute atomic E-state index is 12.7. The number of aromatic nitrogens is 2. The van der Waals surface area contributed by atoms with Crippen molar-refractivity contribution in [2.24, 2.45) is 5.41 Å². The Balaban J connectivity index is 1.17. The summed E-state index contributed by atoms with van der Waals surface area (Å²) in [5.74, 6) is 1.54. The highest BCUT2D eigenvalue weighted by Crippen LogP contribution is 2.54. The van der Waals surface area contributed by atoms with Crippen molar-refractivity contribution in [1.82, 2.24) is 15.1 Å². The standard InChI is InChI=1S/C21H26N4O2/c1-14(19(26)25-11-9-21(7-8-21)10-12-25)22-20-24-23-18(27-20)17-13-16(17)15-5-3-2-4-6-15/h2-6,14,16-17H,7-13H2,1H3,(H,22,24)/t14-,16-,17+/m0/s1. The zero-order chi connectivity index (χ0) is 18.4. The van der Waals surface area contributed by atoms with Crippen molar-refractivity contribution in [3.8, 4) is 0 Å². The molecule has 1 aromatic carbocycles. The summed E-state index contributed by atoms with van der Waals surface area (Å²) in [6.45, 7) is 3.62. The van der Waals surface area contributed by atoms with Crippen LogP contribution in [0.3, 0.4) is 0 Å². The van der Waals surface area contributed by atoms with Crippen molar-refractivity contribution in [3.05, 3.63) is 41.8 Å². The van der Waals surface area contributed by atoms with Crippen LogP contribution in [0.1, 0.15) is 62.3 Å². The molecule has 2 saturated carbocycles. The number of piperidine rings is 1. The molecule has 0 unspecified atom stereocenters. The molecule has 1 saturated heterocycles.